The van der Waals surface area contributed by atoms with Crippen molar-refractivity contribution in [3.63, 3.8) is 0 Å². The van der Waals surface area contributed by atoms with Crippen LogP contribution >= 0.6 is 0 Å². The lowest BCUT2D eigenvalue weighted by molar-refractivity contribution is -0.135. The van der Waals surface area contributed by atoms with Gasteiger partial charge in [0.15, 0.2) is 0 Å². The Labute approximate surface area is 96.0 Å². The first kappa shape index (κ1) is 9.94. The van der Waals surface area contributed by atoms with Crippen LogP contribution in [0.4, 0.5) is 0 Å². The Balaban J connectivity index is 1.88. The molecule has 86 valence electrons. The van der Waals surface area contributed by atoms with E-state index in [1.807, 2.05) is 0 Å². The van der Waals surface area contributed by atoms with E-state index in [1.54, 1.807) is 0 Å². The second kappa shape index (κ2) is 3.37. The predicted molar refractivity (Wildman–Crippen MR) is 62.0 cm³/mol. The van der Waals surface area contributed by atoms with Crippen molar-refractivity contribution in [2.45, 2.75) is 39.3 Å². The van der Waals surface area contributed by atoms with Crippen molar-refractivity contribution in [2.24, 2.45) is 5.92 Å². The number of hydrogen-bond acceptors (Lipinski definition) is 1. The van der Waals surface area contributed by atoms with E-state index in [0.29, 0.717) is 11.8 Å². The molecule has 0 unspecified atom stereocenters. The summed E-state index contributed by atoms with van der Waals surface area (Å²) in [6, 6.07) is 4.55. The van der Waals surface area contributed by atoms with Gasteiger partial charge in [-0.1, -0.05) is 0 Å². The molecule has 1 aromatic heterocycles. The summed E-state index contributed by atoms with van der Waals surface area (Å²) < 4.78 is 2.33. The number of carbonyl (C=O) groups is 1. The number of hydrogen-bond donors (Lipinski definition) is 0. The van der Waals surface area contributed by atoms with E-state index in [4.69, 9.17) is 0 Å². The summed E-state index contributed by atoms with van der Waals surface area (Å²) in [6.45, 7) is 6.11. The molecule has 2 heterocycles. The molecule has 3 heteroatoms. The minimum Gasteiger partial charge on any atom is -0.345 e. The quantitative estimate of drug-likeness (QED) is 0.708. The zero-order valence-corrected chi connectivity index (χ0v) is 9.94. The van der Waals surface area contributed by atoms with Crippen molar-refractivity contribution >= 4 is 5.91 Å². The van der Waals surface area contributed by atoms with E-state index in [2.05, 4.69) is 35.4 Å². The van der Waals surface area contributed by atoms with Gasteiger partial charge in [0.25, 0.3) is 0 Å². The standard InChI is InChI=1S/C13H18N2O/c1-9-3-6-12-10(2)15(8-7-14(9)12)13(16)11-4-5-11/h3,6,10-11H,4-5,7-8H2,1-2H3/t10-/m1/s1. The van der Waals surface area contributed by atoms with Gasteiger partial charge in [-0.05, 0) is 38.8 Å². The predicted octanol–water partition coefficient (Wildman–Crippen LogP) is 2.11. The number of rotatable bonds is 1. The number of amides is 1. The lowest BCUT2D eigenvalue weighted by Gasteiger charge is -2.35. The highest BCUT2D eigenvalue weighted by atomic mass is 16.2. The molecule has 0 radical (unpaired) electrons. The molecule has 0 N–H and O–H groups in total. The van der Waals surface area contributed by atoms with Gasteiger partial charge in [0.2, 0.25) is 5.91 Å². The summed E-state index contributed by atoms with van der Waals surface area (Å²) in [5, 5.41) is 0. The number of carbonyl (C=O) groups excluding carboxylic acids is 1. The maximum absolute atomic E-state index is 12.1. The Kier molecular flexibility index (Phi) is 2.09. The van der Waals surface area contributed by atoms with E-state index < -0.39 is 0 Å². The molecule has 1 fully saturated rings. The third kappa shape index (κ3) is 1.38. The molecular formula is C13H18N2O. The van der Waals surface area contributed by atoms with Crippen LogP contribution in [0.25, 0.3) is 0 Å². The van der Waals surface area contributed by atoms with E-state index in [1.165, 1.54) is 11.4 Å². The summed E-state index contributed by atoms with van der Waals surface area (Å²) in [7, 11) is 0. The van der Waals surface area contributed by atoms with E-state index in [9.17, 15) is 4.79 Å². The first-order valence-electron chi connectivity index (χ1n) is 6.15. The second-order valence-corrected chi connectivity index (χ2v) is 5.03. The highest BCUT2D eigenvalue weighted by molar-refractivity contribution is 5.81. The smallest absolute Gasteiger partial charge is 0.226 e. The first-order chi connectivity index (χ1) is 7.68. The van der Waals surface area contributed by atoms with Crippen LogP contribution in [0.5, 0.6) is 0 Å². The minimum atomic E-state index is 0.246. The monoisotopic (exact) mass is 218 g/mol. The van der Waals surface area contributed by atoms with Crippen LogP contribution in [0.2, 0.25) is 0 Å². The van der Waals surface area contributed by atoms with Gasteiger partial charge in [-0.2, -0.15) is 0 Å². The van der Waals surface area contributed by atoms with Gasteiger partial charge in [-0.3, -0.25) is 4.79 Å². The van der Waals surface area contributed by atoms with Gasteiger partial charge >= 0.3 is 0 Å². The van der Waals surface area contributed by atoms with Crippen LogP contribution in [-0.4, -0.2) is 21.9 Å². The number of aromatic nitrogens is 1. The van der Waals surface area contributed by atoms with Gasteiger partial charge in [0, 0.05) is 30.4 Å². The summed E-state index contributed by atoms with van der Waals surface area (Å²) >= 11 is 0. The highest BCUT2D eigenvalue weighted by Crippen LogP contribution is 2.35. The number of nitrogens with zero attached hydrogens (tertiary/aromatic N) is 2. The molecular weight excluding hydrogens is 200 g/mol. The normalized spacial score (nSPS) is 24.4. The van der Waals surface area contributed by atoms with Crippen LogP contribution in [-0.2, 0) is 11.3 Å². The zero-order chi connectivity index (χ0) is 11.3. The van der Waals surface area contributed by atoms with Gasteiger partial charge < -0.3 is 9.47 Å². The van der Waals surface area contributed by atoms with Gasteiger partial charge in [-0.15, -0.1) is 0 Å². The van der Waals surface area contributed by atoms with Crippen LogP contribution < -0.4 is 0 Å². The molecule has 1 aliphatic carbocycles. The third-order valence-corrected chi connectivity index (χ3v) is 3.90. The summed E-state index contributed by atoms with van der Waals surface area (Å²) in [5.74, 6) is 0.711. The van der Waals surface area contributed by atoms with E-state index in [-0.39, 0.29) is 6.04 Å². The second-order valence-electron chi connectivity index (χ2n) is 5.03. The molecule has 1 amide bonds. The molecule has 1 saturated carbocycles. The minimum absolute atomic E-state index is 0.246. The Hall–Kier alpha value is -1.25. The molecule has 3 nitrogen and oxygen atoms in total. The molecule has 1 aliphatic heterocycles. The van der Waals surface area contributed by atoms with Gasteiger partial charge in [0.05, 0.1) is 6.04 Å². The Morgan fingerprint density at radius 1 is 1.31 bits per heavy atom. The van der Waals surface area contributed by atoms with Crippen LogP contribution in [0.3, 0.4) is 0 Å². The van der Waals surface area contributed by atoms with Gasteiger partial charge in [-0.25, -0.2) is 0 Å². The Bertz CT molecular complexity index is 431. The fourth-order valence-corrected chi connectivity index (χ4v) is 2.69. The van der Waals surface area contributed by atoms with Crippen LogP contribution in [0.1, 0.15) is 37.2 Å². The maximum atomic E-state index is 12.1. The molecule has 1 atom stereocenters. The number of aryl methyl sites for hydroxylation is 1. The van der Waals surface area contributed by atoms with E-state index >= 15 is 0 Å². The van der Waals surface area contributed by atoms with Crippen molar-refractivity contribution in [2.75, 3.05) is 6.54 Å². The topological polar surface area (TPSA) is 25.2 Å². The Morgan fingerprint density at radius 3 is 2.75 bits per heavy atom. The van der Waals surface area contributed by atoms with Crippen molar-refractivity contribution in [3.05, 3.63) is 23.5 Å². The Morgan fingerprint density at radius 2 is 2.06 bits per heavy atom. The summed E-state index contributed by atoms with van der Waals surface area (Å²) in [6.07, 6.45) is 2.20. The van der Waals surface area contributed by atoms with Crippen molar-refractivity contribution in [3.8, 4) is 0 Å². The van der Waals surface area contributed by atoms with Crippen LogP contribution in [0.15, 0.2) is 12.1 Å². The lowest BCUT2D eigenvalue weighted by Crippen LogP contribution is -2.41. The van der Waals surface area contributed by atoms with Crippen LogP contribution in [0, 0.1) is 12.8 Å². The van der Waals surface area contributed by atoms with E-state index in [0.717, 1.165) is 25.9 Å². The third-order valence-electron chi connectivity index (χ3n) is 3.90. The summed E-state index contributed by atoms with van der Waals surface area (Å²) in [5.41, 5.74) is 2.60. The lowest BCUT2D eigenvalue weighted by atomic mass is 10.1. The molecule has 0 saturated heterocycles. The zero-order valence-electron chi connectivity index (χ0n) is 9.94. The fourth-order valence-electron chi connectivity index (χ4n) is 2.69. The van der Waals surface area contributed by atoms with Crippen molar-refractivity contribution < 1.29 is 4.79 Å². The molecule has 0 aromatic carbocycles. The average Bonchev–Trinajstić information content (AvgIpc) is 3.04. The van der Waals surface area contributed by atoms with Crippen molar-refractivity contribution in [1.82, 2.24) is 9.47 Å². The number of fused-ring (bicyclic) bond motifs is 1. The molecule has 0 spiro atoms. The highest BCUT2D eigenvalue weighted by Gasteiger charge is 2.37. The molecule has 0 bridgehead atoms. The SMILES string of the molecule is Cc1ccc2n1CCN(C(=O)C1CC1)[C@@H]2C. The summed E-state index contributed by atoms with van der Waals surface area (Å²) in [4.78, 5) is 14.2. The first-order valence-corrected chi connectivity index (χ1v) is 6.15. The fraction of sp³-hybridized carbons (Fsp3) is 0.615. The molecule has 16 heavy (non-hydrogen) atoms. The maximum Gasteiger partial charge on any atom is 0.226 e. The molecule has 3 rings (SSSR count). The average molecular weight is 218 g/mol. The molecule has 2 aliphatic rings. The molecule has 1 aromatic rings. The largest absolute Gasteiger partial charge is 0.345 e. The van der Waals surface area contributed by atoms with Crippen molar-refractivity contribution in [1.29, 1.82) is 0 Å². The van der Waals surface area contributed by atoms with Gasteiger partial charge in [0.1, 0.15) is 0 Å².